The summed E-state index contributed by atoms with van der Waals surface area (Å²) in [5, 5.41) is 12.3. The van der Waals surface area contributed by atoms with Crippen LogP contribution in [-0.2, 0) is 10.5 Å². The molecular formula is C10H9NO4S. The summed E-state index contributed by atoms with van der Waals surface area (Å²) in [6, 6.07) is 5.28. The maximum Gasteiger partial charge on any atom is 0.313 e. The van der Waals surface area contributed by atoms with Gasteiger partial charge in [0.25, 0.3) is 0 Å². The van der Waals surface area contributed by atoms with Gasteiger partial charge in [-0.05, 0) is 12.1 Å². The third-order valence-electron chi connectivity index (χ3n) is 1.80. The van der Waals surface area contributed by atoms with E-state index in [0.717, 1.165) is 0 Å². The Kier molecular flexibility index (Phi) is 3.31. The van der Waals surface area contributed by atoms with E-state index in [1.54, 1.807) is 24.5 Å². The van der Waals surface area contributed by atoms with Gasteiger partial charge in [-0.2, -0.15) is 0 Å². The van der Waals surface area contributed by atoms with Crippen LogP contribution in [0.2, 0.25) is 0 Å². The first-order chi connectivity index (χ1) is 7.75. The minimum Gasteiger partial charge on any atom is -0.481 e. The van der Waals surface area contributed by atoms with Crippen molar-refractivity contribution >= 4 is 17.7 Å². The molecule has 0 fully saturated rings. The minimum atomic E-state index is -0.834. The first-order valence-corrected chi connectivity index (χ1v) is 5.70. The highest BCUT2D eigenvalue weighted by molar-refractivity contribution is 7.99. The summed E-state index contributed by atoms with van der Waals surface area (Å²) >= 11 is 1.27. The van der Waals surface area contributed by atoms with Crippen LogP contribution in [0.5, 0.6) is 0 Å². The molecule has 0 atom stereocenters. The Morgan fingerprint density at radius 2 is 2.38 bits per heavy atom. The van der Waals surface area contributed by atoms with E-state index in [2.05, 4.69) is 5.16 Å². The number of rotatable bonds is 5. The van der Waals surface area contributed by atoms with Crippen molar-refractivity contribution in [3.05, 3.63) is 30.2 Å². The molecule has 2 aromatic heterocycles. The Labute approximate surface area is 95.4 Å². The highest BCUT2D eigenvalue weighted by Crippen LogP contribution is 2.22. The predicted octanol–water partition coefficient (Wildman–Crippen LogP) is 2.25. The summed E-state index contributed by atoms with van der Waals surface area (Å²) in [6.45, 7) is 0. The van der Waals surface area contributed by atoms with E-state index >= 15 is 0 Å². The molecule has 2 heterocycles. The van der Waals surface area contributed by atoms with Crippen molar-refractivity contribution in [3.8, 4) is 11.5 Å². The standard InChI is InChI=1S/C10H9NO4S/c12-10(13)6-16-5-7-4-9(15-11-7)8-2-1-3-14-8/h1-4H,5-6H2,(H,12,13). The Bertz CT molecular complexity index is 463. The van der Waals surface area contributed by atoms with Crippen LogP contribution < -0.4 is 0 Å². The van der Waals surface area contributed by atoms with Gasteiger partial charge in [0.05, 0.1) is 17.7 Å². The molecule has 16 heavy (non-hydrogen) atoms. The first-order valence-electron chi connectivity index (χ1n) is 4.55. The van der Waals surface area contributed by atoms with Crippen molar-refractivity contribution in [2.75, 3.05) is 5.75 Å². The van der Waals surface area contributed by atoms with E-state index in [9.17, 15) is 4.79 Å². The number of furan rings is 1. The van der Waals surface area contributed by atoms with Gasteiger partial charge < -0.3 is 14.0 Å². The number of hydrogen-bond acceptors (Lipinski definition) is 5. The maximum absolute atomic E-state index is 10.3. The fourth-order valence-corrected chi connectivity index (χ4v) is 1.78. The molecule has 84 valence electrons. The molecule has 0 unspecified atom stereocenters. The summed E-state index contributed by atoms with van der Waals surface area (Å²) in [6.07, 6.45) is 1.55. The lowest BCUT2D eigenvalue weighted by Gasteiger charge is -1.91. The van der Waals surface area contributed by atoms with Crippen molar-refractivity contribution in [2.45, 2.75) is 5.75 Å². The van der Waals surface area contributed by atoms with Gasteiger partial charge in [0.2, 0.25) is 5.76 Å². The highest BCUT2D eigenvalue weighted by atomic mass is 32.2. The molecule has 0 aliphatic rings. The van der Waals surface area contributed by atoms with Crippen molar-refractivity contribution in [2.24, 2.45) is 0 Å². The van der Waals surface area contributed by atoms with E-state index in [1.165, 1.54) is 11.8 Å². The van der Waals surface area contributed by atoms with E-state index in [0.29, 0.717) is 23.0 Å². The minimum absolute atomic E-state index is 0.0585. The van der Waals surface area contributed by atoms with Crippen LogP contribution in [0.1, 0.15) is 5.69 Å². The zero-order valence-electron chi connectivity index (χ0n) is 8.25. The molecule has 0 saturated carbocycles. The van der Waals surface area contributed by atoms with Gasteiger partial charge in [0.1, 0.15) is 0 Å². The summed E-state index contributed by atoms with van der Waals surface area (Å²) in [5.74, 6) is 0.900. The van der Waals surface area contributed by atoms with Gasteiger partial charge in [0, 0.05) is 11.8 Å². The summed E-state index contributed by atoms with van der Waals surface area (Å²) < 4.78 is 10.2. The second-order valence-corrected chi connectivity index (χ2v) is 4.03. The summed E-state index contributed by atoms with van der Waals surface area (Å²) in [5.41, 5.74) is 0.706. The van der Waals surface area contributed by atoms with Crippen LogP contribution in [0.25, 0.3) is 11.5 Å². The van der Waals surface area contributed by atoms with Crippen molar-refractivity contribution < 1.29 is 18.8 Å². The molecule has 0 spiro atoms. The molecule has 0 amide bonds. The van der Waals surface area contributed by atoms with Crippen LogP contribution in [0, 0.1) is 0 Å². The summed E-state index contributed by atoms with van der Waals surface area (Å²) in [4.78, 5) is 10.3. The maximum atomic E-state index is 10.3. The molecule has 0 radical (unpaired) electrons. The van der Waals surface area contributed by atoms with Crippen molar-refractivity contribution in [1.29, 1.82) is 0 Å². The second kappa shape index (κ2) is 4.89. The summed E-state index contributed by atoms with van der Waals surface area (Å²) in [7, 11) is 0. The molecule has 0 aliphatic heterocycles. The SMILES string of the molecule is O=C(O)CSCc1cc(-c2ccco2)on1. The van der Waals surface area contributed by atoms with E-state index in [4.69, 9.17) is 14.0 Å². The molecule has 5 nitrogen and oxygen atoms in total. The van der Waals surface area contributed by atoms with Gasteiger partial charge in [0.15, 0.2) is 5.76 Å². The van der Waals surface area contributed by atoms with E-state index < -0.39 is 5.97 Å². The van der Waals surface area contributed by atoms with Crippen LogP contribution in [-0.4, -0.2) is 22.0 Å². The average molecular weight is 239 g/mol. The quantitative estimate of drug-likeness (QED) is 0.862. The third kappa shape index (κ3) is 2.66. The zero-order valence-corrected chi connectivity index (χ0v) is 9.07. The molecule has 1 N–H and O–H groups in total. The predicted molar refractivity (Wildman–Crippen MR) is 58.0 cm³/mol. The number of thioether (sulfide) groups is 1. The van der Waals surface area contributed by atoms with Gasteiger partial charge in [-0.1, -0.05) is 5.16 Å². The lowest BCUT2D eigenvalue weighted by atomic mass is 10.3. The van der Waals surface area contributed by atoms with Gasteiger partial charge in [-0.15, -0.1) is 11.8 Å². The number of aliphatic carboxylic acids is 1. The Hall–Kier alpha value is -1.69. The van der Waals surface area contributed by atoms with Gasteiger partial charge >= 0.3 is 5.97 Å². The lowest BCUT2D eigenvalue weighted by molar-refractivity contribution is -0.133. The fourth-order valence-electron chi connectivity index (χ4n) is 1.16. The molecule has 2 rings (SSSR count). The zero-order chi connectivity index (χ0) is 11.4. The average Bonchev–Trinajstić information content (AvgIpc) is 2.85. The first kappa shape index (κ1) is 10.8. The highest BCUT2D eigenvalue weighted by Gasteiger charge is 2.09. The molecule has 0 bridgehead atoms. The monoisotopic (exact) mass is 239 g/mol. The Balaban J connectivity index is 1.95. The van der Waals surface area contributed by atoms with Crippen LogP contribution >= 0.6 is 11.8 Å². The fraction of sp³-hybridized carbons (Fsp3) is 0.200. The van der Waals surface area contributed by atoms with E-state index in [1.807, 2.05) is 0 Å². The van der Waals surface area contributed by atoms with Crippen LogP contribution in [0.4, 0.5) is 0 Å². The molecular weight excluding hydrogens is 230 g/mol. The molecule has 6 heteroatoms. The molecule has 0 aromatic carbocycles. The third-order valence-corrected chi connectivity index (χ3v) is 2.75. The smallest absolute Gasteiger partial charge is 0.313 e. The Morgan fingerprint density at radius 1 is 1.50 bits per heavy atom. The number of nitrogens with zero attached hydrogens (tertiary/aromatic N) is 1. The molecule has 2 aromatic rings. The number of aromatic nitrogens is 1. The van der Waals surface area contributed by atoms with Crippen LogP contribution in [0.15, 0.2) is 33.4 Å². The van der Waals surface area contributed by atoms with Gasteiger partial charge in [-0.25, -0.2) is 0 Å². The number of carboxylic acids is 1. The van der Waals surface area contributed by atoms with Gasteiger partial charge in [-0.3, -0.25) is 4.79 Å². The Morgan fingerprint density at radius 3 is 3.06 bits per heavy atom. The molecule has 0 aliphatic carbocycles. The largest absolute Gasteiger partial charge is 0.481 e. The lowest BCUT2D eigenvalue weighted by Crippen LogP contribution is -1.98. The van der Waals surface area contributed by atoms with Crippen LogP contribution in [0.3, 0.4) is 0 Å². The normalized spacial score (nSPS) is 10.5. The number of carbonyl (C=O) groups is 1. The second-order valence-electron chi connectivity index (χ2n) is 3.05. The van der Waals surface area contributed by atoms with E-state index in [-0.39, 0.29) is 5.75 Å². The number of carboxylic acid groups (broad SMARTS) is 1. The topological polar surface area (TPSA) is 76.5 Å². The van der Waals surface area contributed by atoms with Crippen molar-refractivity contribution in [3.63, 3.8) is 0 Å². The van der Waals surface area contributed by atoms with Crippen molar-refractivity contribution in [1.82, 2.24) is 5.16 Å². The number of hydrogen-bond donors (Lipinski definition) is 1. The molecule has 0 saturated heterocycles.